The number of hydrogen-bond acceptors (Lipinski definition) is 2. The van der Waals surface area contributed by atoms with Crippen LogP contribution in [-0.2, 0) is 0 Å². The smallest absolute Gasteiger partial charge is 0.170 e. The Bertz CT molecular complexity index is 325. The molecule has 0 aliphatic rings. The second kappa shape index (κ2) is 3.91. The zero-order valence-electron chi connectivity index (χ0n) is 5.96. The molecule has 0 saturated heterocycles. The number of nitrogens with zero attached hydrogens (tertiary/aromatic N) is 1. The number of hydrogen-bond donors (Lipinski definition) is 2. The fraction of sp³-hybridized carbons (Fsp3) is 0. The predicted molar refractivity (Wildman–Crippen MR) is 54.4 cm³/mol. The van der Waals surface area contributed by atoms with Crippen LogP contribution in [0.25, 0.3) is 0 Å². The van der Waals surface area contributed by atoms with Crippen molar-refractivity contribution in [2.24, 2.45) is 10.9 Å². The van der Waals surface area contributed by atoms with Crippen LogP contribution in [0.15, 0.2) is 32.3 Å². The topological polar surface area (TPSA) is 58.6 Å². The van der Waals surface area contributed by atoms with E-state index in [1.807, 2.05) is 6.07 Å². The molecule has 0 radical (unpaired) electrons. The normalized spacial score (nSPS) is 11.7. The number of amidine groups is 1. The van der Waals surface area contributed by atoms with Crippen LogP contribution in [0.1, 0.15) is 5.56 Å². The van der Waals surface area contributed by atoms with Gasteiger partial charge in [-0.05, 0) is 50.1 Å². The van der Waals surface area contributed by atoms with E-state index in [2.05, 4.69) is 37.0 Å². The number of rotatable bonds is 1. The van der Waals surface area contributed by atoms with E-state index >= 15 is 0 Å². The molecular formula is C7H6Br2N2O. The lowest BCUT2D eigenvalue weighted by Gasteiger charge is -2.00. The van der Waals surface area contributed by atoms with Gasteiger partial charge < -0.3 is 10.9 Å². The van der Waals surface area contributed by atoms with Crippen molar-refractivity contribution in [2.45, 2.75) is 0 Å². The van der Waals surface area contributed by atoms with Crippen molar-refractivity contribution in [1.29, 1.82) is 0 Å². The van der Waals surface area contributed by atoms with Gasteiger partial charge in [0.1, 0.15) is 0 Å². The van der Waals surface area contributed by atoms with Gasteiger partial charge in [0.2, 0.25) is 0 Å². The van der Waals surface area contributed by atoms with Crippen molar-refractivity contribution in [1.82, 2.24) is 0 Å². The zero-order chi connectivity index (χ0) is 9.14. The molecule has 0 fully saturated rings. The Balaban J connectivity index is 3.13. The fourth-order valence-corrected chi connectivity index (χ4v) is 1.34. The second-order valence-corrected chi connectivity index (χ2v) is 3.82. The molecule has 1 aromatic carbocycles. The third-order valence-electron chi connectivity index (χ3n) is 1.32. The standard InChI is InChI=1S/C7H6Br2N2O/c8-5-2-1-4(3-6(5)9)7(10)11-12/h1-3,12H,(H2,10,11). The van der Waals surface area contributed by atoms with Crippen LogP contribution in [-0.4, -0.2) is 11.0 Å². The number of nitrogens with two attached hydrogens (primary N) is 1. The van der Waals surface area contributed by atoms with Crippen molar-refractivity contribution in [3.63, 3.8) is 0 Å². The highest BCUT2D eigenvalue weighted by Crippen LogP contribution is 2.23. The van der Waals surface area contributed by atoms with E-state index in [0.29, 0.717) is 5.56 Å². The molecule has 0 spiro atoms. The largest absolute Gasteiger partial charge is 0.409 e. The summed E-state index contributed by atoms with van der Waals surface area (Å²) in [4.78, 5) is 0. The van der Waals surface area contributed by atoms with Gasteiger partial charge in [0.25, 0.3) is 0 Å². The number of halogens is 2. The van der Waals surface area contributed by atoms with Crippen LogP contribution in [0.2, 0.25) is 0 Å². The first-order chi connectivity index (χ1) is 5.65. The van der Waals surface area contributed by atoms with E-state index < -0.39 is 0 Å². The van der Waals surface area contributed by atoms with Gasteiger partial charge in [-0.25, -0.2) is 0 Å². The lowest BCUT2D eigenvalue weighted by molar-refractivity contribution is 0.318. The summed E-state index contributed by atoms with van der Waals surface area (Å²) < 4.78 is 1.79. The van der Waals surface area contributed by atoms with Crippen molar-refractivity contribution in [3.05, 3.63) is 32.7 Å². The summed E-state index contributed by atoms with van der Waals surface area (Å²) in [6.45, 7) is 0. The molecule has 3 N–H and O–H groups in total. The van der Waals surface area contributed by atoms with Crippen LogP contribution in [0.4, 0.5) is 0 Å². The summed E-state index contributed by atoms with van der Waals surface area (Å²) >= 11 is 6.61. The summed E-state index contributed by atoms with van der Waals surface area (Å²) in [7, 11) is 0. The van der Waals surface area contributed by atoms with E-state index in [1.54, 1.807) is 12.1 Å². The fourth-order valence-electron chi connectivity index (χ4n) is 0.713. The minimum atomic E-state index is 0.100. The quantitative estimate of drug-likeness (QED) is 0.361. The predicted octanol–water partition coefficient (Wildman–Crippen LogP) is 2.31. The monoisotopic (exact) mass is 292 g/mol. The molecule has 0 aliphatic heterocycles. The maximum Gasteiger partial charge on any atom is 0.170 e. The molecule has 0 saturated carbocycles. The van der Waals surface area contributed by atoms with Gasteiger partial charge in [-0.2, -0.15) is 0 Å². The van der Waals surface area contributed by atoms with E-state index in [-0.39, 0.29) is 5.84 Å². The van der Waals surface area contributed by atoms with Gasteiger partial charge in [0.15, 0.2) is 5.84 Å². The molecule has 0 amide bonds. The van der Waals surface area contributed by atoms with Crippen LogP contribution in [0.3, 0.4) is 0 Å². The minimum absolute atomic E-state index is 0.100. The Kier molecular flexibility index (Phi) is 3.11. The molecule has 3 nitrogen and oxygen atoms in total. The van der Waals surface area contributed by atoms with E-state index in [4.69, 9.17) is 10.9 Å². The minimum Gasteiger partial charge on any atom is -0.409 e. The maximum absolute atomic E-state index is 8.38. The van der Waals surface area contributed by atoms with Crippen LogP contribution >= 0.6 is 31.9 Å². The Hall–Kier alpha value is -0.550. The second-order valence-electron chi connectivity index (χ2n) is 2.11. The third kappa shape index (κ3) is 1.98. The lowest BCUT2D eigenvalue weighted by Crippen LogP contribution is -2.12. The van der Waals surface area contributed by atoms with Gasteiger partial charge in [-0.3, -0.25) is 0 Å². The first kappa shape index (κ1) is 9.54. The zero-order valence-corrected chi connectivity index (χ0v) is 9.13. The summed E-state index contributed by atoms with van der Waals surface area (Å²) in [5, 5.41) is 11.3. The Labute approximate surface area is 86.5 Å². The van der Waals surface area contributed by atoms with E-state index in [1.165, 1.54) is 0 Å². The average molecular weight is 294 g/mol. The Morgan fingerprint density at radius 3 is 2.50 bits per heavy atom. The summed E-state index contributed by atoms with van der Waals surface area (Å²) in [6.07, 6.45) is 0. The van der Waals surface area contributed by atoms with Crippen molar-refractivity contribution in [2.75, 3.05) is 0 Å². The highest BCUT2D eigenvalue weighted by Gasteiger charge is 2.01. The van der Waals surface area contributed by atoms with Crippen molar-refractivity contribution < 1.29 is 5.21 Å². The first-order valence-electron chi connectivity index (χ1n) is 3.08. The van der Waals surface area contributed by atoms with Crippen LogP contribution in [0, 0.1) is 0 Å². The maximum atomic E-state index is 8.38. The molecular weight excluding hydrogens is 288 g/mol. The van der Waals surface area contributed by atoms with Gasteiger partial charge in [-0.1, -0.05) is 5.16 Å². The molecule has 0 unspecified atom stereocenters. The van der Waals surface area contributed by atoms with Crippen LogP contribution < -0.4 is 5.73 Å². The average Bonchev–Trinajstić information content (AvgIpc) is 2.08. The van der Waals surface area contributed by atoms with E-state index in [9.17, 15) is 0 Å². The summed E-state index contributed by atoms with van der Waals surface area (Å²) in [5.74, 6) is 0.100. The SMILES string of the molecule is N/C(=N/O)c1ccc(Br)c(Br)c1. The molecule has 1 aromatic rings. The molecule has 0 aliphatic carbocycles. The molecule has 0 heterocycles. The Morgan fingerprint density at radius 1 is 1.33 bits per heavy atom. The van der Waals surface area contributed by atoms with Crippen LogP contribution in [0.5, 0.6) is 0 Å². The highest BCUT2D eigenvalue weighted by atomic mass is 79.9. The van der Waals surface area contributed by atoms with Gasteiger partial charge >= 0.3 is 0 Å². The summed E-state index contributed by atoms with van der Waals surface area (Å²) in [5.41, 5.74) is 6.05. The highest BCUT2D eigenvalue weighted by molar-refractivity contribution is 9.13. The molecule has 5 heteroatoms. The molecule has 0 atom stereocenters. The molecule has 0 aromatic heterocycles. The number of benzene rings is 1. The van der Waals surface area contributed by atoms with Gasteiger partial charge in [0.05, 0.1) is 0 Å². The van der Waals surface area contributed by atoms with Gasteiger partial charge in [-0.15, -0.1) is 0 Å². The van der Waals surface area contributed by atoms with Gasteiger partial charge in [0, 0.05) is 14.5 Å². The van der Waals surface area contributed by atoms with Crippen molar-refractivity contribution in [3.8, 4) is 0 Å². The molecule has 12 heavy (non-hydrogen) atoms. The Morgan fingerprint density at radius 2 is 2.00 bits per heavy atom. The summed E-state index contributed by atoms with van der Waals surface area (Å²) in [6, 6.07) is 5.33. The van der Waals surface area contributed by atoms with E-state index in [0.717, 1.165) is 8.95 Å². The lowest BCUT2D eigenvalue weighted by atomic mass is 10.2. The van der Waals surface area contributed by atoms with Crippen molar-refractivity contribution >= 4 is 37.7 Å². The molecule has 64 valence electrons. The third-order valence-corrected chi connectivity index (χ3v) is 3.20. The molecule has 0 bridgehead atoms. The number of oxime groups is 1. The first-order valence-corrected chi connectivity index (χ1v) is 4.66. The molecule has 1 rings (SSSR count).